The summed E-state index contributed by atoms with van der Waals surface area (Å²) < 4.78 is 5.91. The van der Waals surface area contributed by atoms with Crippen LogP contribution in [-0.4, -0.2) is 43.5 Å². The zero-order chi connectivity index (χ0) is 22.9. The van der Waals surface area contributed by atoms with E-state index in [1.165, 1.54) is 21.9 Å². The number of fused-ring (bicyclic) bond motifs is 1. The Hall–Kier alpha value is -3.54. The van der Waals surface area contributed by atoms with Crippen LogP contribution in [0.3, 0.4) is 0 Å². The molecular weight excluding hydrogens is 412 g/mol. The Balaban J connectivity index is 1.20. The summed E-state index contributed by atoms with van der Waals surface area (Å²) in [5, 5.41) is 9.14. The maximum absolute atomic E-state index is 12.0. The summed E-state index contributed by atoms with van der Waals surface area (Å²) in [6, 6.07) is 22.7. The molecule has 4 rings (SSSR count). The second kappa shape index (κ2) is 11.4. The molecule has 3 aromatic carbocycles. The molecule has 1 amide bonds. The van der Waals surface area contributed by atoms with Crippen molar-refractivity contribution in [3.8, 4) is 5.75 Å². The van der Waals surface area contributed by atoms with Crippen LogP contribution in [0.4, 0.5) is 0 Å². The number of hydrogen-bond donors (Lipinski definition) is 2. The molecule has 3 aromatic rings. The van der Waals surface area contributed by atoms with Gasteiger partial charge in [0.05, 0.1) is 6.61 Å². The average Bonchev–Trinajstić information content (AvgIpc) is 3.25. The van der Waals surface area contributed by atoms with Gasteiger partial charge in [-0.05, 0) is 46.9 Å². The third kappa shape index (κ3) is 6.25. The Labute approximate surface area is 195 Å². The SMILES string of the molecule is CN=C(NCCCOc1ccc2ccccc2c1)NCc1ccccc1CN1CCCC1=O. The van der Waals surface area contributed by atoms with Gasteiger partial charge < -0.3 is 20.3 Å². The second-order valence-electron chi connectivity index (χ2n) is 8.25. The molecule has 0 radical (unpaired) electrons. The van der Waals surface area contributed by atoms with Gasteiger partial charge in [-0.15, -0.1) is 0 Å². The fourth-order valence-electron chi connectivity index (χ4n) is 4.09. The minimum atomic E-state index is 0.251. The first-order valence-electron chi connectivity index (χ1n) is 11.6. The Morgan fingerprint density at radius 3 is 2.58 bits per heavy atom. The average molecular weight is 445 g/mol. The van der Waals surface area contributed by atoms with Crippen LogP contribution in [-0.2, 0) is 17.9 Å². The lowest BCUT2D eigenvalue weighted by Gasteiger charge is -2.19. The minimum Gasteiger partial charge on any atom is -0.494 e. The summed E-state index contributed by atoms with van der Waals surface area (Å²) in [4.78, 5) is 18.3. The lowest BCUT2D eigenvalue weighted by atomic mass is 10.1. The van der Waals surface area contributed by atoms with E-state index in [0.717, 1.165) is 37.6 Å². The van der Waals surface area contributed by atoms with Gasteiger partial charge >= 0.3 is 0 Å². The summed E-state index contributed by atoms with van der Waals surface area (Å²) in [5.41, 5.74) is 2.36. The molecule has 1 fully saturated rings. The van der Waals surface area contributed by atoms with E-state index in [4.69, 9.17) is 4.74 Å². The van der Waals surface area contributed by atoms with Gasteiger partial charge in [0.15, 0.2) is 5.96 Å². The summed E-state index contributed by atoms with van der Waals surface area (Å²) in [6.07, 6.45) is 2.49. The summed E-state index contributed by atoms with van der Waals surface area (Å²) in [5.74, 6) is 1.90. The van der Waals surface area contributed by atoms with E-state index in [2.05, 4.69) is 52.0 Å². The zero-order valence-corrected chi connectivity index (χ0v) is 19.2. The molecule has 0 aromatic heterocycles. The first-order chi connectivity index (χ1) is 16.2. The molecule has 172 valence electrons. The predicted octanol–water partition coefficient (Wildman–Crippen LogP) is 4.10. The number of hydrogen-bond acceptors (Lipinski definition) is 3. The first-order valence-corrected chi connectivity index (χ1v) is 11.6. The standard InChI is InChI=1S/C27H32N4O2/c1-28-27(29-15-7-17-33-25-14-13-21-8-2-3-9-22(21)18-25)30-19-23-10-4-5-11-24(23)20-31-16-6-12-26(31)32/h2-5,8-11,13-14,18H,6-7,12,15-17,19-20H2,1H3,(H2,28,29,30). The number of carbonyl (C=O) groups is 1. The van der Waals surface area contributed by atoms with Gasteiger partial charge in [-0.2, -0.15) is 0 Å². The highest BCUT2D eigenvalue weighted by Gasteiger charge is 2.20. The number of carbonyl (C=O) groups excluding carboxylic acids is 1. The first kappa shape index (κ1) is 22.6. The number of nitrogens with one attached hydrogen (secondary N) is 2. The number of likely N-dealkylation sites (tertiary alicyclic amines) is 1. The number of benzene rings is 3. The van der Waals surface area contributed by atoms with Gasteiger partial charge in [-0.1, -0.05) is 54.6 Å². The molecule has 1 aliphatic rings. The smallest absolute Gasteiger partial charge is 0.222 e. The van der Waals surface area contributed by atoms with Crippen LogP contribution in [0, 0.1) is 0 Å². The molecule has 0 bridgehead atoms. The number of ether oxygens (including phenoxy) is 1. The van der Waals surface area contributed by atoms with Crippen molar-refractivity contribution < 1.29 is 9.53 Å². The van der Waals surface area contributed by atoms with Crippen molar-refractivity contribution >= 4 is 22.6 Å². The summed E-state index contributed by atoms with van der Waals surface area (Å²) in [7, 11) is 1.77. The summed E-state index contributed by atoms with van der Waals surface area (Å²) in [6.45, 7) is 3.58. The fraction of sp³-hybridized carbons (Fsp3) is 0.333. The molecule has 0 atom stereocenters. The third-order valence-electron chi connectivity index (χ3n) is 5.92. The molecule has 0 unspecified atom stereocenters. The van der Waals surface area contributed by atoms with Crippen LogP contribution >= 0.6 is 0 Å². The van der Waals surface area contributed by atoms with Crippen LogP contribution in [0.2, 0.25) is 0 Å². The van der Waals surface area contributed by atoms with E-state index in [1.54, 1.807) is 7.05 Å². The Bertz CT molecular complexity index is 1110. The molecule has 6 heteroatoms. The Morgan fingerprint density at radius 1 is 1.00 bits per heavy atom. The van der Waals surface area contributed by atoms with Gasteiger partial charge in [0, 0.05) is 39.6 Å². The molecule has 2 N–H and O–H groups in total. The van der Waals surface area contributed by atoms with Crippen molar-refractivity contribution in [2.75, 3.05) is 26.7 Å². The highest BCUT2D eigenvalue weighted by Crippen LogP contribution is 2.20. The number of rotatable bonds is 9. The Morgan fingerprint density at radius 2 is 1.79 bits per heavy atom. The lowest BCUT2D eigenvalue weighted by Crippen LogP contribution is -2.38. The number of aliphatic imine (C=N–C) groups is 1. The number of guanidine groups is 1. The Kier molecular flexibility index (Phi) is 7.80. The predicted molar refractivity (Wildman–Crippen MR) is 133 cm³/mol. The molecule has 0 aliphatic carbocycles. The van der Waals surface area contributed by atoms with E-state index >= 15 is 0 Å². The van der Waals surface area contributed by atoms with Gasteiger partial charge in [0.1, 0.15) is 5.75 Å². The van der Waals surface area contributed by atoms with Crippen molar-refractivity contribution in [3.05, 3.63) is 77.9 Å². The third-order valence-corrected chi connectivity index (χ3v) is 5.92. The van der Waals surface area contributed by atoms with E-state index in [1.807, 2.05) is 35.2 Å². The van der Waals surface area contributed by atoms with E-state index in [9.17, 15) is 4.79 Å². The van der Waals surface area contributed by atoms with Crippen LogP contribution < -0.4 is 15.4 Å². The highest BCUT2D eigenvalue weighted by atomic mass is 16.5. The van der Waals surface area contributed by atoms with Gasteiger partial charge in [-0.25, -0.2) is 0 Å². The van der Waals surface area contributed by atoms with Crippen molar-refractivity contribution in [3.63, 3.8) is 0 Å². The quantitative estimate of drug-likeness (QED) is 0.296. The van der Waals surface area contributed by atoms with Crippen molar-refractivity contribution in [1.29, 1.82) is 0 Å². The van der Waals surface area contributed by atoms with Crippen LogP contribution in [0.5, 0.6) is 5.75 Å². The maximum Gasteiger partial charge on any atom is 0.222 e. The molecule has 0 saturated carbocycles. The molecule has 1 aliphatic heterocycles. The largest absolute Gasteiger partial charge is 0.494 e. The zero-order valence-electron chi connectivity index (χ0n) is 19.2. The van der Waals surface area contributed by atoms with Crippen molar-refractivity contribution in [2.24, 2.45) is 4.99 Å². The van der Waals surface area contributed by atoms with E-state index < -0.39 is 0 Å². The van der Waals surface area contributed by atoms with Crippen LogP contribution in [0.15, 0.2) is 71.7 Å². The van der Waals surface area contributed by atoms with Crippen molar-refractivity contribution in [1.82, 2.24) is 15.5 Å². The monoisotopic (exact) mass is 444 g/mol. The van der Waals surface area contributed by atoms with Gasteiger partial charge in [0.25, 0.3) is 0 Å². The van der Waals surface area contributed by atoms with Gasteiger partial charge in [-0.3, -0.25) is 9.79 Å². The topological polar surface area (TPSA) is 66.0 Å². The van der Waals surface area contributed by atoms with Crippen molar-refractivity contribution in [2.45, 2.75) is 32.4 Å². The van der Waals surface area contributed by atoms with Crippen LogP contribution in [0.25, 0.3) is 10.8 Å². The van der Waals surface area contributed by atoms with Crippen LogP contribution in [0.1, 0.15) is 30.4 Å². The molecule has 1 heterocycles. The molecule has 6 nitrogen and oxygen atoms in total. The maximum atomic E-state index is 12.0. The highest BCUT2D eigenvalue weighted by molar-refractivity contribution is 5.83. The number of amides is 1. The molecular formula is C27H32N4O2. The minimum absolute atomic E-state index is 0.251. The lowest BCUT2D eigenvalue weighted by molar-refractivity contribution is -0.128. The normalized spacial score (nSPS) is 14.0. The fourth-order valence-corrected chi connectivity index (χ4v) is 4.09. The van der Waals surface area contributed by atoms with E-state index in [0.29, 0.717) is 26.1 Å². The van der Waals surface area contributed by atoms with Gasteiger partial charge in [0.2, 0.25) is 5.91 Å². The van der Waals surface area contributed by atoms with E-state index in [-0.39, 0.29) is 5.91 Å². The molecule has 0 spiro atoms. The summed E-state index contributed by atoms with van der Waals surface area (Å²) >= 11 is 0. The molecule has 1 saturated heterocycles. The molecule has 33 heavy (non-hydrogen) atoms. The second-order valence-corrected chi connectivity index (χ2v) is 8.25. The number of nitrogens with zero attached hydrogens (tertiary/aromatic N) is 2.